The van der Waals surface area contributed by atoms with E-state index in [2.05, 4.69) is 15.3 Å². The summed E-state index contributed by atoms with van der Waals surface area (Å²) in [6.45, 7) is 5.95. The third-order valence-electron chi connectivity index (χ3n) is 3.81. The van der Waals surface area contributed by atoms with E-state index >= 15 is 0 Å². The van der Waals surface area contributed by atoms with Gasteiger partial charge in [0.25, 0.3) is 0 Å². The van der Waals surface area contributed by atoms with Crippen molar-refractivity contribution in [2.45, 2.75) is 32.6 Å². The third kappa shape index (κ3) is 2.97. The Morgan fingerprint density at radius 1 is 1.13 bits per heavy atom. The SMILES string of the molecule is COc1ccccc1C(C)(C)c1noc(Cc2cc(C)no2)n1. The molecule has 0 bridgehead atoms. The first-order valence-corrected chi connectivity index (χ1v) is 7.39. The molecule has 0 unspecified atom stereocenters. The van der Waals surface area contributed by atoms with E-state index in [9.17, 15) is 0 Å². The summed E-state index contributed by atoms with van der Waals surface area (Å²) < 4.78 is 16.0. The van der Waals surface area contributed by atoms with Gasteiger partial charge in [-0.15, -0.1) is 0 Å². The molecule has 0 aliphatic rings. The molecule has 6 nitrogen and oxygen atoms in total. The second-order valence-corrected chi connectivity index (χ2v) is 5.95. The van der Waals surface area contributed by atoms with Gasteiger partial charge in [0.15, 0.2) is 5.82 Å². The van der Waals surface area contributed by atoms with Crippen LogP contribution in [0, 0.1) is 6.92 Å². The van der Waals surface area contributed by atoms with Gasteiger partial charge in [0.1, 0.15) is 11.5 Å². The van der Waals surface area contributed by atoms with Crippen molar-refractivity contribution in [1.82, 2.24) is 15.3 Å². The molecule has 120 valence electrons. The summed E-state index contributed by atoms with van der Waals surface area (Å²) in [4.78, 5) is 4.52. The lowest BCUT2D eigenvalue weighted by molar-refractivity contribution is 0.344. The lowest BCUT2D eigenvalue weighted by atomic mass is 9.83. The lowest BCUT2D eigenvalue weighted by Crippen LogP contribution is -2.21. The molecule has 0 atom stereocenters. The van der Waals surface area contributed by atoms with E-state index in [1.807, 2.05) is 51.1 Å². The first-order valence-electron chi connectivity index (χ1n) is 7.39. The fourth-order valence-corrected chi connectivity index (χ4v) is 2.51. The molecule has 3 rings (SSSR count). The Bertz CT molecular complexity index is 805. The van der Waals surface area contributed by atoms with Crippen molar-refractivity contribution in [1.29, 1.82) is 0 Å². The maximum Gasteiger partial charge on any atom is 0.234 e. The van der Waals surface area contributed by atoms with Crippen molar-refractivity contribution < 1.29 is 13.8 Å². The van der Waals surface area contributed by atoms with Crippen molar-refractivity contribution in [3.05, 3.63) is 59.1 Å². The van der Waals surface area contributed by atoms with E-state index in [0.717, 1.165) is 17.0 Å². The van der Waals surface area contributed by atoms with Crippen LogP contribution in [0.1, 0.15) is 42.6 Å². The number of benzene rings is 1. The highest BCUT2D eigenvalue weighted by atomic mass is 16.5. The predicted molar refractivity (Wildman–Crippen MR) is 83.5 cm³/mol. The van der Waals surface area contributed by atoms with E-state index in [1.165, 1.54) is 0 Å². The topological polar surface area (TPSA) is 74.2 Å². The van der Waals surface area contributed by atoms with E-state index in [0.29, 0.717) is 23.9 Å². The lowest BCUT2D eigenvalue weighted by Gasteiger charge is -2.23. The first kappa shape index (κ1) is 15.3. The zero-order valence-electron chi connectivity index (χ0n) is 13.7. The number of hydrogen-bond acceptors (Lipinski definition) is 6. The van der Waals surface area contributed by atoms with Crippen LogP contribution < -0.4 is 4.74 Å². The molecular formula is C17H19N3O3. The minimum Gasteiger partial charge on any atom is -0.496 e. The van der Waals surface area contributed by atoms with Crippen LogP contribution >= 0.6 is 0 Å². The quantitative estimate of drug-likeness (QED) is 0.719. The summed E-state index contributed by atoms with van der Waals surface area (Å²) >= 11 is 0. The Balaban J connectivity index is 1.89. The summed E-state index contributed by atoms with van der Waals surface area (Å²) in [5, 5.41) is 8.00. The molecule has 0 N–H and O–H groups in total. The van der Waals surface area contributed by atoms with E-state index in [-0.39, 0.29) is 0 Å². The number of ether oxygens (including phenoxy) is 1. The van der Waals surface area contributed by atoms with Crippen molar-refractivity contribution in [3.8, 4) is 5.75 Å². The second-order valence-electron chi connectivity index (χ2n) is 5.95. The van der Waals surface area contributed by atoms with Crippen molar-refractivity contribution >= 4 is 0 Å². The van der Waals surface area contributed by atoms with E-state index < -0.39 is 5.41 Å². The number of aryl methyl sites for hydroxylation is 1. The molecule has 0 saturated heterocycles. The van der Waals surface area contributed by atoms with Crippen LogP contribution in [0.5, 0.6) is 5.75 Å². The van der Waals surface area contributed by atoms with Gasteiger partial charge in [-0.2, -0.15) is 4.98 Å². The zero-order valence-corrected chi connectivity index (χ0v) is 13.7. The summed E-state index contributed by atoms with van der Waals surface area (Å²) in [6.07, 6.45) is 0.426. The van der Waals surface area contributed by atoms with Gasteiger partial charge in [0.2, 0.25) is 5.89 Å². The van der Waals surface area contributed by atoms with Crippen LogP contribution in [0.25, 0.3) is 0 Å². The molecule has 2 aromatic heterocycles. The van der Waals surface area contributed by atoms with Crippen LogP contribution in [0.2, 0.25) is 0 Å². The summed E-state index contributed by atoms with van der Waals surface area (Å²) in [5.74, 6) is 2.61. The van der Waals surface area contributed by atoms with Gasteiger partial charge in [0.05, 0.1) is 24.6 Å². The molecule has 6 heteroatoms. The van der Waals surface area contributed by atoms with Crippen molar-refractivity contribution in [3.63, 3.8) is 0 Å². The second kappa shape index (κ2) is 5.87. The molecule has 0 fully saturated rings. The van der Waals surface area contributed by atoms with Gasteiger partial charge in [0, 0.05) is 11.6 Å². The first-order chi connectivity index (χ1) is 11.0. The average Bonchev–Trinajstić information content (AvgIpc) is 3.17. The van der Waals surface area contributed by atoms with Crippen LogP contribution in [0.4, 0.5) is 0 Å². The monoisotopic (exact) mass is 313 g/mol. The maximum absolute atomic E-state index is 5.45. The number of hydrogen-bond donors (Lipinski definition) is 0. The van der Waals surface area contributed by atoms with Gasteiger partial charge in [-0.3, -0.25) is 0 Å². The molecule has 0 saturated carbocycles. The molecule has 0 radical (unpaired) electrons. The van der Waals surface area contributed by atoms with Gasteiger partial charge < -0.3 is 13.8 Å². The summed E-state index contributed by atoms with van der Waals surface area (Å²) in [6, 6.07) is 9.70. The standard InChI is InChI=1S/C17H19N3O3/c1-11-9-12(22-19-11)10-15-18-16(20-23-15)17(2,3)13-7-5-6-8-14(13)21-4/h5-9H,10H2,1-4H3. The number of methoxy groups -OCH3 is 1. The van der Waals surface area contributed by atoms with Gasteiger partial charge in [-0.25, -0.2) is 0 Å². The largest absolute Gasteiger partial charge is 0.496 e. The Kier molecular flexibility index (Phi) is 3.90. The highest BCUT2D eigenvalue weighted by molar-refractivity contribution is 5.42. The molecule has 2 heterocycles. The normalized spacial score (nSPS) is 11.7. The molecular weight excluding hydrogens is 294 g/mol. The van der Waals surface area contributed by atoms with Crippen LogP contribution in [0.15, 0.2) is 39.4 Å². The Morgan fingerprint density at radius 2 is 1.91 bits per heavy atom. The zero-order chi connectivity index (χ0) is 16.4. The van der Waals surface area contributed by atoms with Crippen LogP contribution in [0.3, 0.4) is 0 Å². The van der Waals surface area contributed by atoms with E-state index in [4.69, 9.17) is 13.8 Å². The van der Waals surface area contributed by atoms with Gasteiger partial charge >= 0.3 is 0 Å². The molecule has 0 spiro atoms. The molecule has 23 heavy (non-hydrogen) atoms. The smallest absolute Gasteiger partial charge is 0.234 e. The highest BCUT2D eigenvalue weighted by Crippen LogP contribution is 2.35. The molecule has 3 aromatic rings. The third-order valence-corrected chi connectivity index (χ3v) is 3.81. The number of aromatic nitrogens is 3. The Labute approximate surface area is 134 Å². The molecule has 0 amide bonds. The van der Waals surface area contributed by atoms with Crippen molar-refractivity contribution in [2.75, 3.05) is 7.11 Å². The Hall–Kier alpha value is -2.63. The minimum absolute atomic E-state index is 0.426. The average molecular weight is 313 g/mol. The summed E-state index contributed by atoms with van der Waals surface area (Å²) in [5.41, 5.74) is 1.39. The fraction of sp³-hybridized carbons (Fsp3) is 0.353. The summed E-state index contributed by atoms with van der Waals surface area (Å²) in [7, 11) is 1.66. The van der Waals surface area contributed by atoms with Crippen molar-refractivity contribution in [2.24, 2.45) is 0 Å². The minimum atomic E-state index is -0.439. The number of para-hydroxylation sites is 1. The number of nitrogens with zero attached hydrogens (tertiary/aromatic N) is 3. The Morgan fingerprint density at radius 3 is 2.61 bits per heavy atom. The number of rotatable bonds is 5. The molecule has 1 aromatic carbocycles. The molecule has 0 aliphatic heterocycles. The van der Waals surface area contributed by atoms with Gasteiger partial charge in [-0.05, 0) is 26.8 Å². The van der Waals surface area contributed by atoms with Crippen LogP contribution in [-0.2, 0) is 11.8 Å². The molecule has 0 aliphatic carbocycles. The maximum atomic E-state index is 5.45. The predicted octanol–water partition coefficient (Wildman–Crippen LogP) is 3.29. The van der Waals surface area contributed by atoms with Gasteiger partial charge in [-0.1, -0.05) is 28.5 Å². The van der Waals surface area contributed by atoms with Crippen LogP contribution in [-0.4, -0.2) is 22.4 Å². The fourth-order valence-electron chi connectivity index (χ4n) is 2.51. The highest BCUT2D eigenvalue weighted by Gasteiger charge is 2.31. The van der Waals surface area contributed by atoms with E-state index in [1.54, 1.807) is 7.11 Å².